The first-order valence-corrected chi connectivity index (χ1v) is 8.70. The molecule has 20 heavy (non-hydrogen) atoms. The van der Waals surface area contributed by atoms with Gasteiger partial charge >= 0.3 is 0 Å². The molecule has 2 unspecified atom stereocenters. The summed E-state index contributed by atoms with van der Waals surface area (Å²) in [4.78, 5) is 0. The van der Waals surface area contributed by atoms with Gasteiger partial charge in [0.1, 0.15) is 0 Å². The lowest BCUT2D eigenvalue weighted by Crippen LogP contribution is -2.20. The van der Waals surface area contributed by atoms with Gasteiger partial charge < -0.3 is 0 Å². The van der Waals surface area contributed by atoms with Gasteiger partial charge in [-0.15, -0.1) is 0 Å². The molecule has 0 radical (unpaired) electrons. The SMILES string of the molecule is CCCC(C)(C#CC(C)(CCC)CC(C)C)CC(C)C. The highest BCUT2D eigenvalue weighted by Gasteiger charge is 2.25. The second-order valence-electron chi connectivity index (χ2n) is 8.07. The minimum atomic E-state index is 0.203. The maximum absolute atomic E-state index is 3.71. The van der Waals surface area contributed by atoms with Crippen LogP contribution in [0.15, 0.2) is 0 Å². The monoisotopic (exact) mass is 278 g/mol. The summed E-state index contributed by atoms with van der Waals surface area (Å²) in [6, 6.07) is 0. The molecule has 0 aliphatic rings. The average molecular weight is 279 g/mol. The molecule has 0 aromatic rings. The van der Waals surface area contributed by atoms with Gasteiger partial charge in [-0.1, -0.05) is 66.2 Å². The van der Waals surface area contributed by atoms with E-state index in [1.165, 1.54) is 38.5 Å². The predicted octanol–water partition coefficient (Wildman–Crippen LogP) is 6.69. The summed E-state index contributed by atoms with van der Waals surface area (Å²) in [5, 5.41) is 0. The van der Waals surface area contributed by atoms with E-state index in [0.29, 0.717) is 0 Å². The quantitative estimate of drug-likeness (QED) is 0.434. The third kappa shape index (κ3) is 7.98. The maximum Gasteiger partial charge on any atom is 0.0289 e. The molecule has 0 aromatic carbocycles. The molecule has 0 aliphatic heterocycles. The lowest BCUT2D eigenvalue weighted by molar-refractivity contribution is 0.306. The number of hydrogen-bond donors (Lipinski definition) is 0. The Hall–Kier alpha value is -0.440. The Morgan fingerprint density at radius 2 is 1.00 bits per heavy atom. The van der Waals surface area contributed by atoms with Crippen molar-refractivity contribution in [3.63, 3.8) is 0 Å². The van der Waals surface area contributed by atoms with Gasteiger partial charge in [0.05, 0.1) is 0 Å². The van der Waals surface area contributed by atoms with E-state index < -0.39 is 0 Å². The number of hydrogen-bond acceptors (Lipinski definition) is 0. The first kappa shape index (κ1) is 19.6. The Morgan fingerprint density at radius 3 is 1.20 bits per heavy atom. The fourth-order valence-electron chi connectivity index (χ4n) is 3.64. The normalized spacial score (nSPS) is 17.5. The van der Waals surface area contributed by atoms with Gasteiger partial charge in [0.25, 0.3) is 0 Å². The Morgan fingerprint density at radius 1 is 0.700 bits per heavy atom. The summed E-state index contributed by atoms with van der Waals surface area (Å²) in [5.41, 5.74) is 0.407. The van der Waals surface area contributed by atoms with Crippen LogP contribution < -0.4 is 0 Å². The summed E-state index contributed by atoms with van der Waals surface area (Å²) >= 11 is 0. The molecule has 0 fully saturated rings. The van der Waals surface area contributed by atoms with Crippen molar-refractivity contribution in [3.8, 4) is 11.8 Å². The van der Waals surface area contributed by atoms with Crippen molar-refractivity contribution in [1.82, 2.24) is 0 Å². The van der Waals surface area contributed by atoms with Crippen molar-refractivity contribution in [2.45, 2.75) is 93.9 Å². The molecule has 0 rings (SSSR count). The topological polar surface area (TPSA) is 0 Å². The van der Waals surface area contributed by atoms with E-state index in [1.807, 2.05) is 0 Å². The van der Waals surface area contributed by atoms with Crippen LogP contribution >= 0.6 is 0 Å². The standard InChI is InChI=1S/C20H38/c1-9-11-19(7,15-17(3)4)13-14-20(8,12-10-2)16-18(5)6/h17-18H,9-12,15-16H2,1-8H3. The first-order chi connectivity index (χ1) is 9.16. The van der Waals surface area contributed by atoms with Crippen LogP contribution in [0.25, 0.3) is 0 Å². The summed E-state index contributed by atoms with van der Waals surface area (Å²) in [6.45, 7) is 18.5. The Balaban J connectivity index is 5.15. The Bertz CT molecular complexity index is 285. The summed E-state index contributed by atoms with van der Waals surface area (Å²) < 4.78 is 0. The molecular formula is C20H38. The average Bonchev–Trinajstić information content (AvgIpc) is 2.25. The highest BCUT2D eigenvalue weighted by Crippen LogP contribution is 2.34. The van der Waals surface area contributed by atoms with Crippen molar-refractivity contribution in [3.05, 3.63) is 0 Å². The van der Waals surface area contributed by atoms with Gasteiger partial charge in [-0.3, -0.25) is 0 Å². The summed E-state index contributed by atoms with van der Waals surface area (Å²) in [7, 11) is 0. The molecule has 0 aliphatic carbocycles. The maximum atomic E-state index is 3.71. The van der Waals surface area contributed by atoms with Crippen LogP contribution in [0.2, 0.25) is 0 Å². The van der Waals surface area contributed by atoms with E-state index in [9.17, 15) is 0 Å². The van der Waals surface area contributed by atoms with Crippen LogP contribution in [0.1, 0.15) is 93.9 Å². The zero-order valence-corrected chi connectivity index (χ0v) is 15.4. The van der Waals surface area contributed by atoms with Gasteiger partial charge in [-0.2, -0.15) is 0 Å². The summed E-state index contributed by atoms with van der Waals surface area (Å²) in [6.07, 6.45) is 7.35. The fraction of sp³-hybridized carbons (Fsp3) is 0.900. The Kier molecular flexibility index (Phi) is 8.57. The molecule has 2 atom stereocenters. The third-order valence-corrected chi connectivity index (χ3v) is 3.99. The molecule has 0 saturated carbocycles. The fourth-order valence-corrected chi connectivity index (χ4v) is 3.64. The Labute approximate surface area is 129 Å². The molecule has 0 aromatic heterocycles. The molecule has 0 amide bonds. The second-order valence-corrected chi connectivity index (χ2v) is 8.07. The van der Waals surface area contributed by atoms with Crippen molar-refractivity contribution in [1.29, 1.82) is 0 Å². The molecule has 0 N–H and O–H groups in total. The smallest absolute Gasteiger partial charge is 0.0289 e. The van der Waals surface area contributed by atoms with Crippen LogP contribution in [0.4, 0.5) is 0 Å². The van der Waals surface area contributed by atoms with Crippen LogP contribution in [-0.4, -0.2) is 0 Å². The first-order valence-electron chi connectivity index (χ1n) is 8.70. The van der Waals surface area contributed by atoms with E-state index in [1.54, 1.807) is 0 Å². The molecule has 0 nitrogen and oxygen atoms in total. The summed E-state index contributed by atoms with van der Waals surface area (Å²) in [5.74, 6) is 8.87. The molecule has 0 heteroatoms. The predicted molar refractivity (Wildman–Crippen MR) is 92.7 cm³/mol. The third-order valence-electron chi connectivity index (χ3n) is 3.99. The van der Waals surface area contributed by atoms with Gasteiger partial charge in [0, 0.05) is 10.8 Å². The van der Waals surface area contributed by atoms with Crippen LogP contribution in [0.3, 0.4) is 0 Å². The van der Waals surface area contributed by atoms with Crippen molar-refractivity contribution >= 4 is 0 Å². The van der Waals surface area contributed by atoms with Gasteiger partial charge in [0.2, 0.25) is 0 Å². The van der Waals surface area contributed by atoms with Gasteiger partial charge in [-0.05, 0) is 51.4 Å². The lowest BCUT2D eigenvalue weighted by Gasteiger charge is -2.29. The van der Waals surface area contributed by atoms with Crippen LogP contribution in [0, 0.1) is 34.5 Å². The molecular weight excluding hydrogens is 240 g/mol. The van der Waals surface area contributed by atoms with E-state index in [4.69, 9.17) is 0 Å². The van der Waals surface area contributed by atoms with Crippen LogP contribution in [-0.2, 0) is 0 Å². The molecule has 0 spiro atoms. The molecule has 118 valence electrons. The number of rotatable bonds is 8. The zero-order chi connectivity index (χ0) is 15.8. The minimum Gasteiger partial charge on any atom is -0.0962 e. The highest BCUT2D eigenvalue weighted by atomic mass is 14.3. The van der Waals surface area contributed by atoms with Crippen LogP contribution in [0.5, 0.6) is 0 Å². The van der Waals surface area contributed by atoms with Gasteiger partial charge in [-0.25, -0.2) is 0 Å². The lowest BCUT2D eigenvalue weighted by atomic mass is 9.75. The van der Waals surface area contributed by atoms with Crippen molar-refractivity contribution < 1.29 is 0 Å². The molecule has 0 saturated heterocycles. The largest absolute Gasteiger partial charge is 0.0962 e. The van der Waals surface area contributed by atoms with E-state index in [0.717, 1.165) is 11.8 Å². The molecule has 0 heterocycles. The second kappa shape index (κ2) is 8.76. The van der Waals surface area contributed by atoms with Gasteiger partial charge in [0.15, 0.2) is 0 Å². The highest BCUT2D eigenvalue weighted by molar-refractivity contribution is 5.17. The van der Waals surface area contributed by atoms with Crippen molar-refractivity contribution in [2.75, 3.05) is 0 Å². The van der Waals surface area contributed by atoms with Crippen molar-refractivity contribution in [2.24, 2.45) is 22.7 Å². The molecule has 0 bridgehead atoms. The van der Waals surface area contributed by atoms with E-state index >= 15 is 0 Å². The van der Waals surface area contributed by atoms with E-state index in [-0.39, 0.29) is 10.8 Å². The zero-order valence-electron chi connectivity index (χ0n) is 15.4. The minimum absolute atomic E-state index is 0.203. The van der Waals surface area contributed by atoms with E-state index in [2.05, 4.69) is 67.2 Å².